The Bertz CT molecular complexity index is 1460. The van der Waals surface area contributed by atoms with Crippen LogP contribution in [0.15, 0.2) is 36.7 Å². The Morgan fingerprint density at radius 2 is 1.80 bits per heavy atom. The molecule has 11 heteroatoms. The summed E-state index contributed by atoms with van der Waals surface area (Å²) in [7, 11) is 0. The van der Waals surface area contributed by atoms with Crippen LogP contribution < -0.4 is 15.6 Å². The van der Waals surface area contributed by atoms with Crippen molar-refractivity contribution in [2.45, 2.75) is 70.9 Å². The lowest BCUT2D eigenvalue weighted by molar-refractivity contribution is -0.404. The van der Waals surface area contributed by atoms with Gasteiger partial charge in [-0.1, -0.05) is 0 Å². The fourth-order valence-corrected chi connectivity index (χ4v) is 6.14. The van der Waals surface area contributed by atoms with E-state index in [9.17, 15) is 18.4 Å². The monoisotopic (exact) mass is 567 g/mol. The van der Waals surface area contributed by atoms with Crippen LogP contribution in [0.4, 0.5) is 19.0 Å². The van der Waals surface area contributed by atoms with E-state index in [1.54, 1.807) is 25.3 Å². The van der Waals surface area contributed by atoms with Crippen LogP contribution in [-0.2, 0) is 11.3 Å². The van der Waals surface area contributed by atoms with Gasteiger partial charge < -0.3 is 5.32 Å². The second kappa shape index (κ2) is 10.6. The van der Waals surface area contributed by atoms with Gasteiger partial charge in [-0.3, -0.25) is 14.5 Å². The summed E-state index contributed by atoms with van der Waals surface area (Å²) < 4.78 is 43.3. The number of pyridine rings is 2. The van der Waals surface area contributed by atoms with Gasteiger partial charge in [-0.15, -0.1) is 0 Å². The highest BCUT2D eigenvalue weighted by molar-refractivity contribution is 6.00. The molecule has 0 spiro atoms. The lowest BCUT2D eigenvalue weighted by Crippen LogP contribution is -2.51. The number of alkyl halides is 2. The number of hydrogen-bond donors (Lipinski definition) is 2. The van der Waals surface area contributed by atoms with Crippen molar-refractivity contribution in [1.82, 2.24) is 20.1 Å². The fourth-order valence-electron chi connectivity index (χ4n) is 6.14. The van der Waals surface area contributed by atoms with Gasteiger partial charge in [0.1, 0.15) is 11.7 Å². The molecular formula is C30H34F3N6O2+. The van der Waals surface area contributed by atoms with Gasteiger partial charge >= 0.3 is 5.91 Å². The van der Waals surface area contributed by atoms with Crippen LogP contribution in [0.3, 0.4) is 0 Å². The first-order valence-electron chi connectivity index (χ1n) is 14.2. The average molecular weight is 568 g/mol. The van der Waals surface area contributed by atoms with E-state index in [1.807, 2.05) is 13.0 Å². The molecule has 0 unspecified atom stereocenters. The van der Waals surface area contributed by atoms with Gasteiger partial charge in [0.2, 0.25) is 5.92 Å². The van der Waals surface area contributed by atoms with Crippen molar-refractivity contribution in [2.24, 2.45) is 23.7 Å². The predicted molar refractivity (Wildman–Crippen MR) is 144 cm³/mol. The molecule has 6 rings (SSSR count). The Morgan fingerprint density at radius 3 is 2.44 bits per heavy atom. The number of amides is 2. The van der Waals surface area contributed by atoms with Gasteiger partial charge in [-0.2, -0.15) is 9.49 Å². The van der Waals surface area contributed by atoms with Gasteiger partial charge in [-0.05, 0) is 87.0 Å². The van der Waals surface area contributed by atoms with Crippen LogP contribution in [0.1, 0.15) is 60.3 Å². The Balaban J connectivity index is 1.20. The highest BCUT2D eigenvalue weighted by atomic mass is 19.3. The minimum absolute atomic E-state index is 0.0363. The zero-order valence-corrected chi connectivity index (χ0v) is 23.1. The van der Waals surface area contributed by atoms with E-state index in [0.29, 0.717) is 28.7 Å². The lowest BCUT2D eigenvalue weighted by atomic mass is 9.81. The molecule has 0 aliphatic heterocycles. The number of aromatic nitrogens is 4. The number of aryl methyl sites for hydroxylation is 2. The molecule has 3 aliphatic carbocycles. The molecule has 0 aromatic carbocycles. The predicted octanol–water partition coefficient (Wildman–Crippen LogP) is 4.73. The van der Waals surface area contributed by atoms with Crippen LogP contribution in [0.5, 0.6) is 0 Å². The van der Waals surface area contributed by atoms with Crippen molar-refractivity contribution < 1.29 is 27.7 Å². The van der Waals surface area contributed by atoms with E-state index in [0.717, 1.165) is 31.2 Å². The summed E-state index contributed by atoms with van der Waals surface area (Å²) in [4.78, 5) is 34.1. The van der Waals surface area contributed by atoms with Crippen molar-refractivity contribution in [1.29, 1.82) is 0 Å². The molecule has 3 fully saturated rings. The standard InChI is InChI=1S/C30H33F3N6O2/c1-16-11-22(17(2)34-14-16)21-7-8-24(36-27(21)31)37-29(41)26(25(19-3-4-19)20-5-6-20)38-28(40)23-9-10-35-39(23)15-18-12-30(32,33)13-18/h7-11,14,18-20,25-26H,3-6,12-13,15H2,1-2H3,(H,38,40)(H,36,37,41)/p+1/t26-/m0/s1. The first-order chi connectivity index (χ1) is 19.6. The number of aromatic amines is 1. The molecule has 0 radical (unpaired) electrons. The minimum atomic E-state index is -2.66. The molecule has 0 bridgehead atoms. The first kappa shape index (κ1) is 27.4. The van der Waals surface area contributed by atoms with Crippen molar-refractivity contribution >= 4 is 17.6 Å². The summed E-state index contributed by atoms with van der Waals surface area (Å²) in [5.41, 5.74) is 2.82. The van der Waals surface area contributed by atoms with E-state index < -0.39 is 29.7 Å². The second-order valence-corrected chi connectivity index (χ2v) is 12.0. The summed E-state index contributed by atoms with van der Waals surface area (Å²) in [6.45, 7) is 3.91. The van der Waals surface area contributed by atoms with Gasteiger partial charge in [0.05, 0.1) is 5.56 Å². The third kappa shape index (κ3) is 5.99. The number of hydrogen-bond acceptors (Lipinski definition) is 4. The van der Waals surface area contributed by atoms with Gasteiger partial charge in [0.25, 0.3) is 17.7 Å². The molecule has 1 atom stereocenters. The molecule has 8 nitrogen and oxygen atoms in total. The first-order valence-corrected chi connectivity index (χ1v) is 14.2. The van der Waals surface area contributed by atoms with E-state index in [1.165, 1.54) is 16.9 Å². The number of nitrogens with zero attached hydrogens (tertiary/aromatic N) is 3. The molecule has 41 heavy (non-hydrogen) atoms. The highest BCUT2D eigenvalue weighted by Gasteiger charge is 2.50. The number of anilines is 1. The Morgan fingerprint density at radius 1 is 1.10 bits per heavy atom. The molecule has 3 aromatic rings. The maximum atomic E-state index is 15.2. The minimum Gasteiger partial charge on any atom is -0.337 e. The quantitative estimate of drug-likeness (QED) is 0.346. The third-order valence-electron chi connectivity index (χ3n) is 8.51. The number of rotatable bonds is 10. The van der Waals surface area contributed by atoms with Crippen LogP contribution in [0, 0.1) is 43.5 Å². The topological polar surface area (TPSA) is 103 Å². The summed E-state index contributed by atoms with van der Waals surface area (Å²) in [6.07, 6.45) is 6.71. The molecule has 216 valence electrons. The van der Waals surface area contributed by atoms with Gasteiger partial charge in [0, 0.05) is 49.1 Å². The maximum Gasteiger partial charge on any atom is 0.330 e. The van der Waals surface area contributed by atoms with E-state index >= 15 is 4.39 Å². The summed E-state index contributed by atoms with van der Waals surface area (Å²) >= 11 is 0. The van der Waals surface area contributed by atoms with E-state index in [4.69, 9.17) is 0 Å². The molecule has 2 amide bonds. The molecule has 3 heterocycles. The smallest absolute Gasteiger partial charge is 0.330 e. The van der Waals surface area contributed by atoms with Crippen LogP contribution in [0.25, 0.3) is 11.1 Å². The largest absolute Gasteiger partial charge is 0.337 e. The maximum absolute atomic E-state index is 15.2. The Kier molecular flexibility index (Phi) is 7.07. The molecule has 0 saturated heterocycles. The Hall–Kier alpha value is -3.76. The summed E-state index contributed by atoms with van der Waals surface area (Å²) in [5.74, 6) is -3.62. The normalized spacial score (nSPS) is 19.1. The molecule has 3 saturated carbocycles. The number of nitrogens with one attached hydrogen (secondary N) is 3. The third-order valence-corrected chi connectivity index (χ3v) is 8.51. The number of halogens is 3. The highest BCUT2D eigenvalue weighted by Crippen LogP contribution is 2.51. The van der Waals surface area contributed by atoms with Crippen LogP contribution in [0.2, 0.25) is 0 Å². The second-order valence-electron chi connectivity index (χ2n) is 12.0. The SMILES string of the molecule is Cc1cnc(C)c(-c2ccc(NC(=O)[C@@H](NC(=O)c3ccnn3CC3CC(F)(F)C3)C(C3CC3)C3CC3)[nH+]c2F)c1. The van der Waals surface area contributed by atoms with Gasteiger partial charge in [0.15, 0.2) is 0 Å². The summed E-state index contributed by atoms with van der Waals surface area (Å²) in [6, 6.07) is 5.76. The van der Waals surface area contributed by atoms with Crippen LogP contribution in [-0.4, -0.2) is 38.5 Å². The van der Waals surface area contributed by atoms with Gasteiger partial charge in [-0.25, -0.2) is 23.9 Å². The van der Waals surface area contributed by atoms with Crippen molar-refractivity contribution in [3.05, 3.63) is 59.6 Å². The zero-order chi connectivity index (χ0) is 28.9. The number of carbonyl (C=O) groups excluding carboxylic acids is 2. The zero-order valence-electron chi connectivity index (χ0n) is 23.1. The molecule has 3 aliphatic rings. The molecule has 3 aromatic heterocycles. The van der Waals surface area contributed by atoms with Crippen molar-refractivity contribution in [3.8, 4) is 11.1 Å². The summed E-state index contributed by atoms with van der Waals surface area (Å²) in [5, 5.41) is 9.91. The van der Waals surface area contributed by atoms with Crippen molar-refractivity contribution in [3.63, 3.8) is 0 Å². The lowest BCUT2D eigenvalue weighted by Gasteiger charge is -2.35. The fraction of sp³-hybridized carbons (Fsp3) is 0.500. The average Bonchev–Trinajstić information content (AvgIpc) is 3.84. The Labute approximate surface area is 236 Å². The molecule has 3 N–H and O–H groups in total. The number of carbonyl (C=O) groups is 2. The molecular weight excluding hydrogens is 533 g/mol. The van der Waals surface area contributed by atoms with Crippen LogP contribution >= 0.6 is 0 Å². The number of H-pyrrole nitrogens is 1. The van der Waals surface area contributed by atoms with E-state index in [2.05, 4.69) is 25.7 Å². The van der Waals surface area contributed by atoms with Crippen molar-refractivity contribution in [2.75, 3.05) is 5.32 Å². The van der Waals surface area contributed by atoms with E-state index in [-0.39, 0.29) is 42.7 Å².